The maximum absolute atomic E-state index is 12.4. The maximum Gasteiger partial charge on any atom is 0.308 e. The largest absolute Gasteiger partial charge is 0.427 e. The summed E-state index contributed by atoms with van der Waals surface area (Å²) in [5, 5.41) is 5.64. The van der Waals surface area contributed by atoms with Crippen LogP contribution in [0.2, 0.25) is 0 Å². The Bertz CT molecular complexity index is 857. The van der Waals surface area contributed by atoms with Gasteiger partial charge in [0, 0.05) is 31.3 Å². The summed E-state index contributed by atoms with van der Waals surface area (Å²) >= 11 is 0. The molecule has 2 aromatic carbocycles. The van der Waals surface area contributed by atoms with Crippen molar-refractivity contribution >= 4 is 23.5 Å². The molecule has 0 aromatic heterocycles. The Hall–Kier alpha value is -3.19. The van der Waals surface area contributed by atoms with Crippen LogP contribution in [-0.2, 0) is 20.9 Å². The SMILES string of the molecule is CC(=O)Oc1cccc(C(=O)Nc2ccc(CNC(=O)C3CCCO3)cc2)c1. The first-order valence-electron chi connectivity index (χ1n) is 9.09. The van der Waals surface area contributed by atoms with Gasteiger partial charge in [-0.05, 0) is 48.7 Å². The van der Waals surface area contributed by atoms with Crippen molar-refractivity contribution < 1.29 is 23.9 Å². The summed E-state index contributed by atoms with van der Waals surface area (Å²) in [7, 11) is 0. The molecule has 1 unspecified atom stereocenters. The molecule has 146 valence electrons. The average molecular weight is 382 g/mol. The molecule has 2 aromatic rings. The van der Waals surface area contributed by atoms with Crippen LogP contribution in [0.1, 0.15) is 35.7 Å². The van der Waals surface area contributed by atoms with Gasteiger partial charge < -0.3 is 20.1 Å². The van der Waals surface area contributed by atoms with E-state index in [4.69, 9.17) is 9.47 Å². The van der Waals surface area contributed by atoms with Gasteiger partial charge in [0.05, 0.1) is 0 Å². The number of carbonyl (C=O) groups is 3. The molecule has 1 aliphatic rings. The molecule has 1 heterocycles. The molecule has 28 heavy (non-hydrogen) atoms. The Labute approximate surface area is 163 Å². The van der Waals surface area contributed by atoms with Gasteiger partial charge in [-0.2, -0.15) is 0 Å². The molecular weight excluding hydrogens is 360 g/mol. The van der Waals surface area contributed by atoms with Gasteiger partial charge in [0.2, 0.25) is 5.91 Å². The Kier molecular flexibility index (Phi) is 6.39. The number of amides is 2. The minimum absolute atomic E-state index is 0.0949. The quantitative estimate of drug-likeness (QED) is 0.592. The van der Waals surface area contributed by atoms with E-state index in [1.807, 2.05) is 12.1 Å². The zero-order valence-corrected chi connectivity index (χ0v) is 15.6. The molecule has 0 radical (unpaired) electrons. The number of nitrogens with one attached hydrogen (secondary N) is 2. The standard InChI is InChI=1S/C21H22N2O5/c1-14(24)28-18-5-2-4-16(12-18)20(25)23-17-9-7-15(8-10-17)13-22-21(26)19-6-3-11-27-19/h2,4-5,7-10,12,19H,3,6,11,13H2,1H3,(H,22,26)(H,23,25). The number of esters is 1. The summed E-state index contributed by atoms with van der Waals surface area (Å²) in [5.41, 5.74) is 1.92. The van der Waals surface area contributed by atoms with E-state index in [0.29, 0.717) is 30.2 Å². The van der Waals surface area contributed by atoms with Crippen molar-refractivity contribution in [2.75, 3.05) is 11.9 Å². The summed E-state index contributed by atoms with van der Waals surface area (Å²) in [6.45, 7) is 2.34. The van der Waals surface area contributed by atoms with Gasteiger partial charge in [-0.25, -0.2) is 0 Å². The lowest BCUT2D eigenvalue weighted by molar-refractivity contribution is -0.132. The summed E-state index contributed by atoms with van der Waals surface area (Å²) in [5.74, 6) is -0.534. The maximum atomic E-state index is 12.4. The zero-order valence-electron chi connectivity index (χ0n) is 15.6. The highest BCUT2D eigenvalue weighted by Gasteiger charge is 2.22. The van der Waals surface area contributed by atoms with Gasteiger partial charge in [-0.15, -0.1) is 0 Å². The van der Waals surface area contributed by atoms with Gasteiger partial charge in [0.15, 0.2) is 0 Å². The van der Waals surface area contributed by atoms with E-state index >= 15 is 0 Å². The van der Waals surface area contributed by atoms with Crippen LogP contribution in [0.4, 0.5) is 5.69 Å². The third kappa shape index (κ3) is 5.40. The van der Waals surface area contributed by atoms with Crippen LogP contribution in [0, 0.1) is 0 Å². The fourth-order valence-electron chi connectivity index (χ4n) is 2.86. The molecule has 3 rings (SSSR count). The van der Waals surface area contributed by atoms with Gasteiger partial charge >= 0.3 is 5.97 Å². The number of rotatable bonds is 6. The van der Waals surface area contributed by atoms with Crippen LogP contribution >= 0.6 is 0 Å². The summed E-state index contributed by atoms with van der Waals surface area (Å²) < 4.78 is 10.3. The van der Waals surface area contributed by atoms with Crippen molar-refractivity contribution in [3.8, 4) is 5.75 Å². The van der Waals surface area contributed by atoms with E-state index in [1.54, 1.807) is 30.3 Å². The third-order valence-corrected chi connectivity index (χ3v) is 4.26. The normalized spacial score (nSPS) is 15.7. The molecule has 0 spiro atoms. The lowest BCUT2D eigenvalue weighted by Crippen LogP contribution is -2.33. The van der Waals surface area contributed by atoms with E-state index in [9.17, 15) is 14.4 Å². The van der Waals surface area contributed by atoms with Crippen molar-refractivity contribution in [2.24, 2.45) is 0 Å². The van der Waals surface area contributed by atoms with Crippen molar-refractivity contribution in [3.05, 3.63) is 59.7 Å². The fourth-order valence-corrected chi connectivity index (χ4v) is 2.86. The summed E-state index contributed by atoms with van der Waals surface area (Å²) in [4.78, 5) is 35.4. The minimum atomic E-state index is -0.445. The molecule has 7 heteroatoms. The number of carbonyl (C=O) groups excluding carboxylic acids is 3. The van der Waals surface area contributed by atoms with Gasteiger partial charge in [-0.1, -0.05) is 18.2 Å². The van der Waals surface area contributed by atoms with E-state index in [0.717, 1.165) is 18.4 Å². The van der Waals surface area contributed by atoms with Crippen LogP contribution in [0.25, 0.3) is 0 Å². The first-order valence-corrected chi connectivity index (χ1v) is 9.09. The molecule has 0 bridgehead atoms. The van der Waals surface area contributed by atoms with Crippen LogP contribution in [0.15, 0.2) is 48.5 Å². The van der Waals surface area contributed by atoms with Crippen molar-refractivity contribution in [2.45, 2.75) is 32.4 Å². The lowest BCUT2D eigenvalue weighted by Gasteiger charge is -2.11. The molecular formula is C21H22N2O5. The minimum Gasteiger partial charge on any atom is -0.427 e. The highest BCUT2D eigenvalue weighted by molar-refractivity contribution is 6.04. The molecule has 2 amide bonds. The Morgan fingerprint density at radius 2 is 1.93 bits per heavy atom. The van der Waals surface area contributed by atoms with Crippen LogP contribution < -0.4 is 15.4 Å². The van der Waals surface area contributed by atoms with Gasteiger partial charge in [0.1, 0.15) is 11.9 Å². The van der Waals surface area contributed by atoms with E-state index in [2.05, 4.69) is 10.6 Å². The Balaban J connectivity index is 1.54. The summed E-state index contributed by atoms with van der Waals surface area (Å²) in [6.07, 6.45) is 1.33. The zero-order chi connectivity index (χ0) is 19.9. The van der Waals surface area contributed by atoms with E-state index in [1.165, 1.54) is 13.0 Å². The average Bonchev–Trinajstić information content (AvgIpc) is 3.22. The smallest absolute Gasteiger partial charge is 0.308 e. The van der Waals surface area contributed by atoms with Crippen molar-refractivity contribution in [1.29, 1.82) is 0 Å². The van der Waals surface area contributed by atoms with E-state index in [-0.39, 0.29) is 17.9 Å². The number of hydrogen-bond donors (Lipinski definition) is 2. The molecule has 7 nitrogen and oxygen atoms in total. The third-order valence-electron chi connectivity index (χ3n) is 4.26. The Morgan fingerprint density at radius 3 is 2.61 bits per heavy atom. The number of hydrogen-bond acceptors (Lipinski definition) is 5. The molecule has 1 saturated heterocycles. The highest BCUT2D eigenvalue weighted by atomic mass is 16.5. The second-order valence-corrected chi connectivity index (χ2v) is 6.49. The first-order chi connectivity index (χ1) is 13.5. The molecule has 1 atom stereocenters. The molecule has 1 fully saturated rings. The highest BCUT2D eigenvalue weighted by Crippen LogP contribution is 2.17. The topological polar surface area (TPSA) is 93.7 Å². The Morgan fingerprint density at radius 1 is 1.14 bits per heavy atom. The van der Waals surface area contributed by atoms with E-state index < -0.39 is 5.97 Å². The number of anilines is 1. The van der Waals surface area contributed by atoms with Crippen LogP contribution in [0.3, 0.4) is 0 Å². The molecule has 2 N–H and O–H groups in total. The molecule has 0 aliphatic carbocycles. The van der Waals surface area contributed by atoms with Crippen LogP contribution in [-0.4, -0.2) is 30.5 Å². The monoisotopic (exact) mass is 382 g/mol. The second kappa shape index (κ2) is 9.14. The number of benzene rings is 2. The van der Waals surface area contributed by atoms with Crippen LogP contribution in [0.5, 0.6) is 5.75 Å². The summed E-state index contributed by atoms with van der Waals surface area (Å²) in [6, 6.07) is 13.6. The van der Waals surface area contributed by atoms with Gasteiger partial charge in [0.25, 0.3) is 5.91 Å². The molecule has 0 saturated carbocycles. The van der Waals surface area contributed by atoms with Crippen molar-refractivity contribution in [1.82, 2.24) is 5.32 Å². The second-order valence-electron chi connectivity index (χ2n) is 6.49. The number of ether oxygens (including phenoxy) is 2. The lowest BCUT2D eigenvalue weighted by atomic mass is 10.1. The fraction of sp³-hybridized carbons (Fsp3) is 0.286. The predicted molar refractivity (Wildman–Crippen MR) is 103 cm³/mol. The first kappa shape index (κ1) is 19.6. The molecule has 1 aliphatic heterocycles. The van der Waals surface area contributed by atoms with Gasteiger partial charge in [-0.3, -0.25) is 14.4 Å². The predicted octanol–water partition coefficient (Wildman–Crippen LogP) is 2.66. The van der Waals surface area contributed by atoms with Crippen molar-refractivity contribution in [3.63, 3.8) is 0 Å².